The van der Waals surface area contributed by atoms with Gasteiger partial charge in [0.15, 0.2) is 0 Å². The molecule has 1 rings (SSSR count). The fraction of sp³-hybridized carbons (Fsp3) is 0.667. The van der Waals surface area contributed by atoms with Crippen LogP contribution in [0.4, 0.5) is 0 Å². The van der Waals surface area contributed by atoms with Crippen molar-refractivity contribution in [3.8, 4) is 0 Å². The Morgan fingerprint density at radius 2 is 2.00 bits per heavy atom. The van der Waals surface area contributed by atoms with Crippen molar-refractivity contribution in [3.63, 3.8) is 0 Å². The second kappa shape index (κ2) is 7.17. The summed E-state index contributed by atoms with van der Waals surface area (Å²) in [5, 5.41) is 0. The van der Waals surface area contributed by atoms with E-state index in [1.165, 1.54) is 11.3 Å². The zero-order valence-corrected chi connectivity index (χ0v) is 15.0. The van der Waals surface area contributed by atoms with Crippen molar-refractivity contribution >= 4 is 37.3 Å². The van der Waals surface area contributed by atoms with Crippen LogP contribution < -0.4 is 4.72 Å². The average molecular weight is 369 g/mol. The quantitative estimate of drug-likeness (QED) is 0.804. The maximum Gasteiger partial charge on any atom is 0.250 e. The van der Waals surface area contributed by atoms with Crippen LogP contribution in [0.5, 0.6) is 0 Å². The number of hydrogen-bond acceptors (Lipinski definition) is 4. The van der Waals surface area contributed by atoms with Gasteiger partial charge in [0.25, 0.3) is 0 Å². The SMILES string of the molecule is CCN(CC)CC(C)NS(=O)(=O)c1cc(C)c(Br)s1. The third-order valence-electron chi connectivity index (χ3n) is 2.88. The van der Waals surface area contributed by atoms with Gasteiger partial charge in [-0.3, -0.25) is 0 Å². The van der Waals surface area contributed by atoms with Crippen molar-refractivity contribution in [2.24, 2.45) is 0 Å². The van der Waals surface area contributed by atoms with Gasteiger partial charge in [-0.2, -0.15) is 0 Å². The van der Waals surface area contributed by atoms with E-state index < -0.39 is 10.0 Å². The number of nitrogens with zero attached hydrogens (tertiary/aromatic N) is 1. The molecule has 1 unspecified atom stereocenters. The van der Waals surface area contributed by atoms with Crippen LogP contribution in [0.1, 0.15) is 26.3 Å². The van der Waals surface area contributed by atoms with Crippen molar-refractivity contribution in [2.75, 3.05) is 19.6 Å². The maximum atomic E-state index is 12.2. The summed E-state index contributed by atoms with van der Waals surface area (Å²) in [7, 11) is -3.41. The minimum absolute atomic E-state index is 0.105. The molecule has 0 aliphatic rings. The fourth-order valence-electron chi connectivity index (χ4n) is 1.79. The molecule has 1 aromatic rings. The third-order valence-corrected chi connectivity index (χ3v) is 7.08. The maximum absolute atomic E-state index is 12.2. The Labute approximate surface area is 128 Å². The zero-order valence-electron chi connectivity index (χ0n) is 11.7. The van der Waals surface area contributed by atoms with Crippen molar-refractivity contribution in [2.45, 2.75) is 37.9 Å². The number of likely N-dealkylation sites (N-methyl/N-ethyl adjacent to an activating group) is 1. The van der Waals surface area contributed by atoms with Gasteiger partial charge in [0.05, 0.1) is 3.79 Å². The van der Waals surface area contributed by atoms with Crippen molar-refractivity contribution in [3.05, 3.63) is 15.4 Å². The first-order valence-corrected chi connectivity index (χ1v) is 9.40. The molecular weight excluding hydrogens is 348 g/mol. The molecule has 110 valence electrons. The first kappa shape index (κ1) is 17.1. The summed E-state index contributed by atoms with van der Waals surface area (Å²) in [6.07, 6.45) is 0. The normalized spacial score (nSPS) is 14.0. The lowest BCUT2D eigenvalue weighted by atomic mass is 10.3. The molecule has 1 N–H and O–H groups in total. The average Bonchev–Trinajstić information content (AvgIpc) is 2.67. The molecule has 1 heterocycles. The van der Waals surface area contributed by atoms with E-state index in [-0.39, 0.29) is 6.04 Å². The zero-order chi connectivity index (χ0) is 14.6. The van der Waals surface area contributed by atoms with Gasteiger partial charge in [0.2, 0.25) is 10.0 Å². The van der Waals surface area contributed by atoms with Gasteiger partial charge in [0, 0.05) is 12.6 Å². The Balaban J connectivity index is 2.74. The fourth-order valence-corrected chi connectivity index (χ4v) is 5.27. The van der Waals surface area contributed by atoms with Gasteiger partial charge >= 0.3 is 0 Å². The number of thiophene rings is 1. The molecule has 0 amide bonds. The summed E-state index contributed by atoms with van der Waals surface area (Å²) >= 11 is 4.60. The highest BCUT2D eigenvalue weighted by molar-refractivity contribution is 9.11. The van der Waals surface area contributed by atoms with E-state index in [1.807, 2.05) is 13.8 Å². The molecule has 4 nitrogen and oxygen atoms in total. The minimum atomic E-state index is -3.41. The number of halogens is 1. The van der Waals surface area contributed by atoms with Gasteiger partial charge in [-0.15, -0.1) is 11.3 Å². The van der Waals surface area contributed by atoms with E-state index in [0.717, 1.165) is 29.0 Å². The van der Waals surface area contributed by atoms with Gasteiger partial charge in [-0.1, -0.05) is 13.8 Å². The van der Waals surface area contributed by atoms with E-state index in [4.69, 9.17) is 0 Å². The summed E-state index contributed by atoms with van der Waals surface area (Å²) in [6, 6.07) is 1.59. The molecule has 0 spiro atoms. The smallest absolute Gasteiger partial charge is 0.250 e. The largest absolute Gasteiger partial charge is 0.302 e. The molecule has 0 saturated heterocycles. The van der Waals surface area contributed by atoms with Crippen LogP contribution in [0.25, 0.3) is 0 Å². The van der Waals surface area contributed by atoms with E-state index in [0.29, 0.717) is 4.21 Å². The molecule has 0 radical (unpaired) electrons. The summed E-state index contributed by atoms with van der Waals surface area (Å²) in [6.45, 7) is 10.5. The van der Waals surface area contributed by atoms with Gasteiger partial charge < -0.3 is 4.90 Å². The molecule has 0 saturated carbocycles. The Morgan fingerprint density at radius 1 is 1.42 bits per heavy atom. The number of sulfonamides is 1. The highest BCUT2D eigenvalue weighted by Gasteiger charge is 2.21. The lowest BCUT2D eigenvalue weighted by molar-refractivity contribution is 0.282. The molecule has 0 aromatic carbocycles. The number of rotatable bonds is 7. The van der Waals surface area contributed by atoms with Crippen molar-refractivity contribution < 1.29 is 8.42 Å². The lowest BCUT2D eigenvalue weighted by Crippen LogP contribution is -2.41. The minimum Gasteiger partial charge on any atom is -0.302 e. The molecule has 1 atom stereocenters. The molecular formula is C12H21BrN2O2S2. The van der Waals surface area contributed by atoms with Crippen LogP contribution in [-0.2, 0) is 10.0 Å². The predicted molar refractivity (Wildman–Crippen MR) is 84.3 cm³/mol. The standard InChI is InChI=1S/C12H21BrN2O2S2/c1-5-15(6-2)8-10(4)14-19(16,17)11-7-9(3)12(13)18-11/h7,10,14H,5-6,8H2,1-4H3. The third kappa shape index (κ3) is 4.82. The van der Waals surface area contributed by atoms with E-state index >= 15 is 0 Å². The van der Waals surface area contributed by atoms with Crippen LogP contribution in [-0.4, -0.2) is 39.0 Å². The Bertz CT molecular complexity index is 490. The summed E-state index contributed by atoms with van der Waals surface area (Å²) in [4.78, 5) is 2.20. The van der Waals surface area contributed by atoms with Crippen LogP contribution >= 0.6 is 27.3 Å². The number of aryl methyl sites for hydroxylation is 1. The Morgan fingerprint density at radius 3 is 2.42 bits per heavy atom. The van der Waals surface area contributed by atoms with Gasteiger partial charge in [-0.05, 0) is 54.5 Å². The van der Waals surface area contributed by atoms with Crippen LogP contribution in [0.3, 0.4) is 0 Å². The molecule has 1 aromatic heterocycles. The molecule has 0 aliphatic carbocycles. The van der Waals surface area contributed by atoms with E-state index in [2.05, 4.69) is 39.4 Å². The van der Waals surface area contributed by atoms with E-state index in [9.17, 15) is 8.42 Å². The first-order valence-electron chi connectivity index (χ1n) is 6.30. The first-order chi connectivity index (χ1) is 8.80. The second-order valence-corrected chi connectivity index (χ2v) is 8.84. The highest BCUT2D eigenvalue weighted by Crippen LogP contribution is 2.30. The monoisotopic (exact) mass is 368 g/mol. The highest BCUT2D eigenvalue weighted by atomic mass is 79.9. The molecule has 0 bridgehead atoms. The molecule has 0 fully saturated rings. The summed E-state index contributed by atoms with van der Waals surface area (Å²) in [5.74, 6) is 0. The van der Waals surface area contributed by atoms with Crippen LogP contribution in [0.15, 0.2) is 14.1 Å². The summed E-state index contributed by atoms with van der Waals surface area (Å²) < 4.78 is 28.4. The number of nitrogens with one attached hydrogen (secondary N) is 1. The summed E-state index contributed by atoms with van der Waals surface area (Å²) in [5.41, 5.74) is 0.946. The van der Waals surface area contributed by atoms with E-state index in [1.54, 1.807) is 6.07 Å². The molecule has 7 heteroatoms. The van der Waals surface area contributed by atoms with Crippen LogP contribution in [0, 0.1) is 6.92 Å². The van der Waals surface area contributed by atoms with Crippen LogP contribution in [0.2, 0.25) is 0 Å². The predicted octanol–water partition coefficient (Wildman–Crippen LogP) is 2.83. The number of hydrogen-bond donors (Lipinski definition) is 1. The van der Waals surface area contributed by atoms with Crippen molar-refractivity contribution in [1.29, 1.82) is 0 Å². The van der Waals surface area contributed by atoms with Gasteiger partial charge in [-0.25, -0.2) is 13.1 Å². The molecule has 19 heavy (non-hydrogen) atoms. The topological polar surface area (TPSA) is 49.4 Å². The van der Waals surface area contributed by atoms with Gasteiger partial charge in [0.1, 0.15) is 4.21 Å². The Hall–Kier alpha value is 0.0500. The van der Waals surface area contributed by atoms with Crippen molar-refractivity contribution in [1.82, 2.24) is 9.62 Å². The Kier molecular flexibility index (Phi) is 6.46. The second-order valence-electron chi connectivity index (χ2n) is 4.53. The lowest BCUT2D eigenvalue weighted by Gasteiger charge is -2.23. The molecule has 0 aliphatic heterocycles.